The van der Waals surface area contributed by atoms with E-state index in [1.165, 1.54) is 14.2 Å². The lowest BCUT2D eigenvalue weighted by Crippen LogP contribution is -2.47. The number of hydrogen-bond acceptors (Lipinski definition) is 8. The number of rotatable bonds is 11. The second-order valence-electron chi connectivity index (χ2n) is 9.18. The van der Waals surface area contributed by atoms with Crippen LogP contribution in [0.1, 0.15) is 20.7 Å². The van der Waals surface area contributed by atoms with E-state index in [-0.39, 0.29) is 11.8 Å². The second-order valence-corrected chi connectivity index (χ2v) is 9.18. The molecule has 10 heteroatoms. The maximum Gasteiger partial charge on any atom is 0.255 e. The van der Waals surface area contributed by atoms with Gasteiger partial charge in [0, 0.05) is 62.8 Å². The first kappa shape index (κ1) is 28.6. The van der Waals surface area contributed by atoms with Crippen molar-refractivity contribution < 1.29 is 28.5 Å². The van der Waals surface area contributed by atoms with Gasteiger partial charge in [-0.3, -0.25) is 9.59 Å². The largest absolute Gasteiger partial charge is 0.497 e. The normalized spacial score (nSPS) is 13.0. The molecule has 212 valence electrons. The van der Waals surface area contributed by atoms with Gasteiger partial charge < -0.3 is 39.4 Å². The molecule has 3 aromatic rings. The van der Waals surface area contributed by atoms with Crippen molar-refractivity contribution in [3.63, 3.8) is 0 Å². The van der Waals surface area contributed by atoms with Crippen molar-refractivity contribution in [2.75, 3.05) is 82.9 Å². The van der Waals surface area contributed by atoms with Gasteiger partial charge in [0.15, 0.2) is 0 Å². The van der Waals surface area contributed by atoms with E-state index in [0.717, 1.165) is 30.2 Å². The fourth-order valence-electron chi connectivity index (χ4n) is 4.65. The molecule has 2 amide bonds. The number of nitrogens with one attached hydrogen (secondary N) is 2. The molecular weight excluding hydrogens is 512 g/mol. The molecule has 10 nitrogen and oxygen atoms in total. The first-order valence-electron chi connectivity index (χ1n) is 13.1. The lowest BCUT2D eigenvalue weighted by molar-refractivity contribution is 0.0936. The molecule has 0 saturated carbocycles. The summed E-state index contributed by atoms with van der Waals surface area (Å²) in [6, 6.07) is 18.3. The van der Waals surface area contributed by atoms with Gasteiger partial charge in [-0.2, -0.15) is 0 Å². The van der Waals surface area contributed by atoms with Crippen molar-refractivity contribution in [2.24, 2.45) is 0 Å². The summed E-state index contributed by atoms with van der Waals surface area (Å²) in [7, 11) is 6.32. The summed E-state index contributed by atoms with van der Waals surface area (Å²) in [5.41, 5.74) is 3.20. The van der Waals surface area contributed by atoms with Crippen LogP contribution in [0, 0.1) is 0 Å². The Kier molecular flexibility index (Phi) is 9.69. The van der Waals surface area contributed by atoms with Crippen LogP contribution in [0.25, 0.3) is 0 Å². The number of para-hydroxylation sites is 2. The molecule has 0 bridgehead atoms. The molecule has 0 unspecified atom stereocenters. The van der Waals surface area contributed by atoms with Crippen molar-refractivity contribution in [3.8, 4) is 17.2 Å². The fraction of sp³-hybridized carbons (Fsp3) is 0.333. The third kappa shape index (κ3) is 6.76. The van der Waals surface area contributed by atoms with Gasteiger partial charge in [0.05, 0.1) is 39.2 Å². The predicted molar refractivity (Wildman–Crippen MR) is 156 cm³/mol. The number of hydrogen-bond donors (Lipinski definition) is 2. The zero-order valence-corrected chi connectivity index (χ0v) is 23.4. The molecule has 1 saturated heterocycles. The summed E-state index contributed by atoms with van der Waals surface area (Å²) in [6.45, 7) is 3.73. The number of benzene rings is 3. The second kappa shape index (κ2) is 13.6. The molecule has 0 spiro atoms. The molecule has 0 radical (unpaired) electrons. The van der Waals surface area contributed by atoms with Gasteiger partial charge in [0.1, 0.15) is 17.2 Å². The summed E-state index contributed by atoms with van der Waals surface area (Å²) in [5, 5.41) is 5.81. The van der Waals surface area contributed by atoms with Crippen LogP contribution in [0.5, 0.6) is 17.2 Å². The van der Waals surface area contributed by atoms with E-state index in [0.29, 0.717) is 54.6 Å². The lowest BCUT2D eigenvalue weighted by Gasteiger charge is -2.38. The number of methoxy groups -OCH3 is 4. The highest BCUT2D eigenvalue weighted by molar-refractivity contribution is 6.06. The molecule has 0 aromatic heterocycles. The van der Waals surface area contributed by atoms with E-state index in [1.54, 1.807) is 38.5 Å². The maximum absolute atomic E-state index is 13.3. The Morgan fingerprint density at radius 2 is 1.40 bits per heavy atom. The zero-order valence-electron chi connectivity index (χ0n) is 23.4. The van der Waals surface area contributed by atoms with Crippen LogP contribution in [0.15, 0.2) is 60.7 Å². The molecule has 3 aromatic carbocycles. The van der Waals surface area contributed by atoms with Crippen LogP contribution >= 0.6 is 0 Å². The molecule has 0 atom stereocenters. The Bertz CT molecular complexity index is 1300. The summed E-state index contributed by atoms with van der Waals surface area (Å²) in [4.78, 5) is 30.8. The van der Waals surface area contributed by atoms with Crippen LogP contribution in [-0.4, -0.2) is 79.6 Å². The highest BCUT2D eigenvalue weighted by atomic mass is 16.5. The molecule has 2 N–H and O–H groups in total. The minimum absolute atomic E-state index is 0.238. The van der Waals surface area contributed by atoms with E-state index in [2.05, 4.69) is 26.5 Å². The number of carbonyl (C=O) groups is 2. The Hall–Kier alpha value is -4.44. The minimum Gasteiger partial charge on any atom is -0.497 e. The quantitative estimate of drug-likeness (QED) is 0.350. The van der Waals surface area contributed by atoms with Gasteiger partial charge in [-0.05, 0) is 42.5 Å². The zero-order chi connectivity index (χ0) is 28.5. The number of amides is 2. The van der Waals surface area contributed by atoms with Crippen molar-refractivity contribution >= 4 is 28.9 Å². The van der Waals surface area contributed by atoms with E-state index in [4.69, 9.17) is 18.9 Å². The van der Waals surface area contributed by atoms with Crippen molar-refractivity contribution in [2.45, 2.75) is 0 Å². The number of carbonyl (C=O) groups excluding carboxylic acids is 2. The van der Waals surface area contributed by atoms with Gasteiger partial charge >= 0.3 is 0 Å². The van der Waals surface area contributed by atoms with Gasteiger partial charge in [-0.25, -0.2) is 0 Å². The van der Waals surface area contributed by atoms with Crippen LogP contribution in [0.4, 0.5) is 17.1 Å². The number of anilines is 3. The smallest absolute Gasteiger partial charge is 0.255 e. The minimum atomic E-state index is -0.346. The number of nitrogens with zero attached hydrogens (tertiary/aromatic N) is 2. The maximum atomic E-state index is 13.3. The highest BCUT2D eigenvalue weighted by Gasteiger charge is 2.24. The van der Waals surface area contributed by atoms with Gasteiger partial charge in [-0.15, -0.1) is 0 Å². The van der Waals surface area contributed by atoms with Crippen LogP contribution in [-0.2, 0) is 4.74 Å². The topological polar surface area (TPSA) is 102 Å². The Balaban J connectivity index is 1.55. The predicted octanol–water partition coefficient (Wildman–Crippen LogP) is 3.67. The Morgan fingerprint density at radius 3 is 2.02 bits per heavy atom. The molecule has 40 heavy (non-hydrogen) atoms. The van der Waals surface area contributed by atoms with Crippen LogP contribution in [0.3, 0.4) is 0 Å². The highest BCUT2D eigenvalue weighted by Crippen LogP contribution is 2.31. The van der Waals surface area contributed by atoms with Crippen LogP contribution < -0.4 is 34.6 Å². The average molecular weight is 549 g/mol. The van der Waals surface area contributed by atoms with Gasteiger partial charge in [-0.1, -0.05) is 12.1 Å². The molecular formula is C30H36N4O6. The van der Waals surface area contributed by atoms with Gasteiger partial charge in [0.2, 0.25) is 0 Å². The van der Waals surface area contributed by atoms with Crippen molar-refractivity contribution in [1.82, 2.24) is 5.32 Å². The van der Waals surface area contributed by atoms with E-state index in [1.807, 2.05) is 30.3 Å². The molecule has 1 fully saturated rings. The van der Waals surface area contributed by atoms with E-state index >= 15 is 0 Å². The SMILES string of the molecule is COCCNC(=O)c1cc(NC(=O)c2cc(OC)cc(OC)c2)ccc1N1CCN(c2ccccc2OC)CC1. The number of ether oxygens (including phenoxy) is 4. The Labute approximate surface area is 234 Å². The van der Waals surface area contributed by atoms with Crippen molar-refractivity contribution in [3.05, 3.63) is 71.8 Å². The first-order chi connectivity index (χ1) is 19.5. The number of piperazine rings is 1. The van der Waals surface area contributed by atoms with E-state index in [9.17, 15) is 9.59 Å². The molecule has 1 aliphatic rings. The van der Waals surface area contributed by atoms with Gasteiger partial charge in [0.25, 0.3) is 11.8 Å². The summed E-state index contributed by atoms with van der Waals surface area (Å²) < 4.78 is 21.2. The fourth-order valence-corrected chi connectivity index (χ4v) is 4.65. The molecule has 4 rings (SSSR count). The average Bonchev–Trinajstić information content (AvgIpc) is 3.00. The third-order valence-electron chi connectivity index (χ3n) is 6.75. The molecule has 0 aliphatic carbocycles. The van der Waals surface area contributed by atoms with E-state index < -0.39 is 0 Å². The molecule has 1 heterocycles. The third-order valence-corrected chi connectivity index (χ3v) is 6.75. The summed E-state index contributed by atoms with van der Waals surface area (Å²) in [5.74, 6) is 1.26. The monoisotopic (exact) mass is 548 g/mol. The standard InChI is InChI=1S/C30H36N4O6/c1-37-16-11-31-30(36)25-19-22(32-29(35)21-17-23(38-2)20-24(18-21)39-3)9-10-26(25)33-12-14-34(15-13-33)27-7-5-6-8-28(27)40-4/h5-10,17-20H,11-16H2,1-4H3,(H,31,36)(H,32,35). The van der Waals surface area contributed by atoms with Crippen LogP contribution in [0.2, 0.25) is 0 Å². The summed E-state index contributed by atoms with van der Waals surface area (Å²) in [6.07, 6.45) is 0. The summed E-state index contributed by atoms with van der Waals surface area (Å²) >= 11 is 0. The Morgan fingerprint density at radius 1 is 0.750 bits per heavy atom. The van der Waals surface area contributed by atoms with Crippen molar-refractivity contribution in [1.29, 1.82) is 0 Å². The lowest BCUT2D eigenvalue weighted by atomic mass is 10.1. The first-order valence-corrected chi connectivity index (χ1v) is 13.1. The molecule has 1 aliphatic heterocycles.